The van der Waals surface area contributed by atoms with E-state index in [2.05, 4.69) is 98.5 Å². The Bertz CT molecular complexity index is 1440. The van der Waals surface area contributed by atoms with Crippen molar-refractivity contribution in [1.29, 1.82) is 0 Å². The summed E-state index contributed by atoms with van der Waals surface area (Å²) in [6.07, 6.45) is 9.94. The number of carbonyl (C=O) groups is 1. The normalized spacial score (nSPS) is 21.7. The van der Waals surface area contributed by atoms with Crippen LogP contribution in [0.25, 0.3) is 5.57 Å². The van der Waals surface area contributed by atoms with E-state index >= 15 is 0 Å². The van der Waals surface area contributed by atoms with Gasteiger partial charge in [-0.3, -0.25) is 4.79 Å². The van der Waals surface area contributed by atoms with Crippen molar-refractivity contribution in [2.75, 3.05) is 23.0 Å². The largest absolute Gasteiger partial charge is 0.364 e. The van der Waals surface area contributed by atoms with Crippen LogP contribution in [-0.2, 0) is 21.7 Å². The average molecular weight is 547 g/mol. The number of ether oxygens (including phenoxy) is 1. The summed E-state index contributed by atoms with van der Waals surface area (Å²) in [6, 6.07) is 27.5. The minimum Gasteiger partial charge on any atom is -0.364 e. The van der Waals surface area contributed by atoms with Crippen LogP contribution in [0.4, 0.5) is 11.4 Å². The Morgan fingerprint density at radius 3 is 2.46 bits per heavy atom. The highest BCUT2D eigenvalue weighted by atomic mass is 16.5. The number of hydrogen-bond acceptors (Lipinski definition) is 3. The van der Waals surface area contributed by atoms with Crippen molar-refractivity contribution in [3.05, 3.63) is 113 Å². The highest BCUT2D eigenvalue weighted by molar-refractivity contribution is 6.34. The molecule has 1 saturated heterocycles. The van der Waals surface area contributed by atoms with Crippen molar-refractivity contribution in [1.82, 2.24) is 0 Å². The Kier molecular flexibility index (Phi) is 7.86. The van der Waals surface area contributed by atoms with E-state index in [9.17, 15) is 4.79 Å². The van der Waals surface area contributed by atoms with Crippen LogP contribution in [0.15, 0.2) is 96.6 Å². The molecule has 0 radical (unpaired) electrons. The minimum absolute atomic E-state index is 0.0662. The standard InChI is InChI=1S/C37H42N2O2/c1-27(2)13-10-14-28(3)22-24-41-37(30-17-8-5-9-18-30)25-31-35-32(38-23-12-21-34(37)38)19-11-20-33(35)39(36(31)40)26-29-15-6-4-7-16-29/h4-9,11,13,15-20,25,28,34H,10,12,14,21-24,26H2,1-3H3/t28?,34-,37-/m0/s1. The topological polar surface area (TPSA) is 32.8 Å². The maximum absolute atomic E-state index is 14.3. The number of hydrogen-bond donors (Lipinski definition) is 0. The van der Waals surface area contributed by atoms with E-state index in [4.69, 9.17) is 4.74 Å². The molecule has 1 unspecified atom stereocenters. The molecule has 0 aromatic heterocycles. The van der Waals surface area contributed by atoms with Gasteiger partial charge in [-0.2, -0.15) is 0 Å². The van der Waals surface area contributed by atoms with Gasteiger partial charge < -0.3 is 14.5 Å². The molecule has 3 heterocycles. The molecule has 3 atom stereocenters. The summed E-state index contributed by atoms with van der Waals surface area (Å²) < 4.78 is 7.13. The van der Waals surface area contributed by atoms with Crippen molar-refractivity contribution in [3.8, 4) is 0 Å². The first-order chi connectivity index (χ1) is 20.0. The van der Waals surface area contributed by atoms with Crippen molar-refractivity contribution in [3.63, 3.8) is 0 Å². The lowest BCUT2D eigenvalue weighted by Crippen LogP contribution is -2.48. The summed E-state index contributed by atoms with van der Waals surface area (Å²) in [5, 5.41) is 0. The first-order valence-electron chi connectivity index (χ1n) is 15.3. The van der Waals surface area contributed by atoms with Crippen molar-refractivity contribution >= 4 is 22.9 Å². The second-order valence-electron chi connectivity index (χ2n) is 12.2. The van der Waals surface area contributed by atoms with Gasteiger partial charge in [-0.25, -0.2) is 0 Å². The van der Waals surface area contributed by atoms with Crippen LogP contribution < -0.4 is 9.80 Å². The molecule has 0 N–H and O–H groups in total. The monoisotopic (exact) mass is 546 g/mol. The summed E-state index contributed by atoms with van der Waals surface area (Å²) in [5.41, 5.74) is 6.94. The second kappa shape index (κ2) is 11.7. The van der Waals surface area contributed by atoms with Gasteiger partial charge in [0.25, 0.3) is 5.91 Å². The van der Waals surface area contributed by atoms with Gasteiger partial charge >= 0.3 is 0 Å². The Morgan fingerprint density at radius 1 is 0.976 bits per heavy atom. The van der Waals surface area contributed by atoms with E-state index in [1.807, 2.05) is 23.1 Å². The molecule has 1 amide bonds. The lowest BCUT2D eigenvalue weighted by atomic mass is 9.83. The number of amides is 1. The van der Waals surface area contributed by atoms with Gasteiger partial charge in [-0.05, 0) is 81.2 Å². The summed E-state index contributed by atoms with van der Waals surface area (Å²) >= 11 is 0. The van der Waals surface area contributed by atoms with Crippen LogP contribution >= 0.6 is 0 Å². The number of benzene rings is 3. The Hall–Kier alpha value is -3.63. The van der Waals surface area contributed by atoms with Gasteiger partial charge in [0.05, 0.1) is 23.8 Å². The van der Waals surface area contributed by atoms with E-state index < -0.39 is 5.60 Å². The molecule has 3 aromatic carbocycles. The van der Waals surface area contributed by atoms with E-state index in [0.29, 0.717) is 19.1 Å². The van der Waals surface area contributed by atoms with E-state index in [0.717, 1.165) is 72.3 Å². The highest BCUT2D eigenvalue weighted by Gasteiger charge is 2.51. The third-order valence-electron chi connectivity index (χ3n) is 9.04. The molecule has 0 saturated carbocycles. The van der Waals surface area contributed by atoms with Crippen molar-refractivity contribution in [2.24, 2.45) is 5.92 Å². The van der Waals surface area contributed by atoms with Crippen molar-refractivity contribution < 1.29 is 9.53 Å². The molecule has 0 spiro atoms. The predicted molar refractivity (Wildman–Crippen MR) is 169 cm³/mol. The molecule has 3 aliphatic heterocycles. The fraction of sp³-hybridized carbons (Fsp3) is 0.378. The van der Waals surface area contributed by atoms with Crippen molar-refractivity contribution in [2.45, 2.75) is 71.1 Å². The molecule has 4 heteroatoms. The van der Waals surface area contributed by atoms with Gasteiger partial charge in [0.1, 0.15) is 5.60 Å². The van der Waals surface area contributed by atoms with Crippen LogP contribution in [0.5, 0.6) is 0 Å². The second-order valence-corrected chi connectivity index (χ2v) is 12.2. The molecular weight excluding hydrogens is 504 g/mol. The van der Waals surface area contributed by atoms with E-state index in [-0.39, 0.29) is 11.9 Å². The predicted octanol–water partition coefficient (Wildman–Crippen LogP) is 8.28. The van der Waals surface area contributed by atoms with E-state index in [1.165, 1.54) is 5.57 Å². The lowest BCUT2D eigenvalue weighted by Gasteiger charge is -2.42. The van der Waals surface area contributed by atoms with Gasteiger partial charge in [0.2, 0.25) is 0 Å². The minimum atomic E-state index is -0.707. The van der Waals surface area contributed by atoms with Gasteiger partial charge in [-0.1, -0.05) is 85.3 Å². The summed E-state index contributed by atoms with van der Waals surface area (Å²) in [6.45, 7) is 8.84. The zero-order chi connectivity index (χ0) is 28.4. The fourth-order valence-electron chi connectivity index (χ4n) is 6.92. The van der Waals surface area contributed by atoms with Gasteiger partial charge in [0.15, 0.2) is 0 Å². The molecule has 212 valence electrons. The molecule has 4 nitrogen and oxygen atoms in total. The number of fused-ring (bicyclic) bond motifs is 2. The van der Waals surface area contributed by atoms with Crippen LogP contribution in [-0.4, -0.2) is 25.1 Å². The third kappa shape index (κ3) is 5.26. The molecule has 41 heavy (non-hydrogen) atoms. The molecule has 0 bridgehead atoms. The Morgan fingerprint density at radius 2 is 1.71 bits per heavy atom. The van der Waals surface area contributed by atoms with Gasteiger partial charge in [0, 0.05) is 24.4 Å². The SMILES string of the molecule is CC(C)=CCCC(C)CCO[C@]1(c2ccccc2)C=C2C(=O)N(Cc3ccccc3)c3cccc(c32)N2CCC[C@H]21. The molecule has 6 rings (SSSR count). The molecule has 3 aromatic rings. The molecule has 1 fully saturated rings. The zero-order valence-electron chi connectivity index (χ0n) is 24.7. The van der Waals surface area contributed by atoms with Crippen LogP contribution in [0.1, 0.15) is 69.6 Å². The number of anilines is 2. The summed E-state index contributed by atoms with van der Waals surface area (Å²) in [7, 11) is 0. The average Bonchev–Trinajstić information content (AvgIpc) is 3.54. The Balaban J connectivity index is 1.40. The number of carbonyl (C=O) groups excluding carboxylic acids is 1. The third-order valence-corrected chi connectivity index (χ3v) is 9.04. The fourth-order valence-corrected chi connectivity index (χ4v) is 6.92. The number of nitrogens with zero attached hydrogens (tertiary/aromatic N) is 2. The molecular formula is C37H42N2O2. The first-order valence-corrected chi connectivity index (χ1v) is 15.3. The smallest absolute Gasteiger partial charge is 0.259 e. The maximum Gasteiger partial charge on any atom is 0.259 e. The Labute approximate surface area is 245 Å². The molecule has 0 aliphatic carbocycles. The summed E-state index contributed by atoms with van der Waals surface area (Å²) in [5.74, 6) is 0.631. The highest BCUT2D eigenvalue weighted by Crippen LogP contribution is 2.53. The van der Waals surface area contributed by atoms with Crippen LogP contribution in [0, 0.1) is 5.92 Å². The van der Waals surface area contributed by atoms with E-state index in [1.54, 1.807) is 0 Å². The van der Waals surface area contributed by atoms with Crippen LogP contribution in [0.3, 0.4) is 0 Å². The lowest BCUT2D eigenvalue weighted by molar-refractivity contribution is -0.113. The van der Waals surface area contributed by atoms with Gasteiger partial charge in [-0.15, -0.1) is 0 Å². The number of rotatable bonds is 10. The van der Waals surface area contributed by atoms with Crippen LogP contribution in [0.2, 0.25) is 0 Å². The number of allylic oxidation sites excluding steroid dienone is 2. The zero-order valence-corrected chi connectivity index (χ0v) is 24.7. The molecule has 3 aliphatic rings. The quantitative estimate of drug-likeness (QED) is 0.240. The maximum atomic E-state index is 14.3. The summed E-state index contributed by atoms with van der Waals surface area (Å²) in [4.78, 5) is 18.8. The first kappa shape index (κ1) is 27.5.